The zero-order valence-corrected chi connectivity index (χ0v) is 18.3. The second kappa shape index (κ2) is 8.49. The van der Waals surface area contributed by atoms with Crippen LogP contribution in [0.5, 0.6) is 5.75 Å². The van der Waals surface area contributed by atoms with Crippen LogP contribution in [-0.4, -0.2) is 33.7 Å². The molecule has 3 aromatic heterocycles. The van der Waals surface area contributed by atoms with Crippen molar-refractivity contribution in [2.75, 3.05) is 12.9 Å². The third-order valence-electron chi connectivity index (χ3n) is 4.88. The summed E-state index contributed by atoms with van der Waals surface area (Å²) in [5.41, 5.74) is 2.84. The van der Waals surface area contributed by atoms with E-state index in [1.54, 1.807) is 24.8 Å². The smallest absolute Gasteiger partial charge is 0.230 e. The summed E-state index contributed by atoms with van der Waals surface area (Å²) < 4.78 is 6.28. The second-order valence-corrected chi connectivity index (χ2v) is 8.87. The number of carbonyl (C=O) groups excluding carboxylic acids is 1. The maximum Gasteiger partial charge on any atom is 0.230 e. The lowest BCUT2D eigenvalue weighted by molar-refractivity contribution is -0.118. The van der Waals surface area contributed by atoms with Crippen molar-refractivity contribution in [1.29, 1.82) is 0 Å². The normalized spacial score (nSPS) is 11.3. The van der Waals surface area contributed by atoms with Crippen LogP contribution in [0.25, 0.3) is 31.3 Å². The van der Waals surface area contributed by atoms with Gasteiger partial charge < -0.3 is 10.1 Å². The SMILES string of the molecule is COc1ccc2nc3sc4c(SCC(=O)NCc5ccccc5)ncnc4c3cc2c1. The van der Waals surface area contributed by atoms with Crippen molar-refractivity contribution in [2.24, 2.45) is 0 Å². The molecule has 1 amide bonds. The summed E-state index contributed by atoms with van der Waals surface area (Å²) in [6.07, 6.45) is 1.55. The van der Waals surface area contributed by atoms with Crippen LogP contribution < -0.4 is 10.1 Å². The van der Waals surface area contributed by atoms with Crippen LogP contribution in [0.4, 0.5) is 0 Å². The predicted molar refractivity (Wildman–Crippen MR) is 126 cm³/mol. The van der Waals surface area contributed by atoms with Crippen LogP contribution in [0.1, 0.15) is 5.56 Å². The molecule has 0 fully saturated rings. The molecule has 3 heterocycles. The van der Waals surface area contributed by atoms with Crippen LogP contribution in [0.15, 0.2) is 66.0 Å². The summed E-state index contributed by atoms with van der Waals surface area (Å²) >= 11 is 2.97. The zero-order chi connectivity index (χ0) is 21.2. The molecule has 0 radical (unpaired) electrons. The van der Waals surface area contributed by atoms with Gasteiger partial charge in [0, 0.05) is 17.3 Å². The number of benzene rings is 2. The Morgan fingerprint density at radius 3 is 2.84 bits per heavy atom. The number of fused-ring (bicyclic) bond motifs is 4. The van der Waals surface area contributed by atoms with E-state index in [2.05, 4.69) is 21.4 Å². The molecule has 154 valence electrons. The maximum atomic E-state index is 12.3. The van der Waals surface area contributed by atoms with E-state index in [-0.39, 0.29) is 5.91 Å². The molecule has 0 unspecified atom stereocenters. The van der Waals surface area contributed by atoms with Gasteiger partial charge in [-0.25, -0.2) is 15.0 Å². The van der Waals surface area contributed by atoms with Gasteiger partial charge in [0.15, 0.2) is 0 Å². The Morgan fingerprint density at radius 1 is 1.13 bits per heavy atom. The predicted octanol–water partition coefficient (Wildman–Crippen LogP) is 4.81. The van der Waals surface area contributed by atoms with Crippen LogP contribution in [0.2, 0.25) is 0 Å². The molecule has 0 aliphatic rings. The van der Waals surface area contributed by atoms with Gasteiger partial charge in [0.1, 0.15) is 21.9 Å². The molecule has 5 aromatic rings. The first-order valence-corrected chi connectivity index (χ1v) is 11.5. The average molecular weight is 447 g/mol. The van der Waals surface area contributed by atoms with Gasteiger partial charge in [-0.05, 0) is 29.8 Å². The van der Waals surface area contributed by atoms with E-state index in [1.807, 2.05) is 48.5 Å². The first-order chi connectivity index (χ1) is 15.2. The third-order valence-corrected chi connectivity index (χ3v) is 7.10. The van der Waals surface area contributed by atoms with Crippen molar-refractivity contribution < 1.29 is 9.53 Å². The van der Waals surface area contributed by atoms with E-state index in [9.17, 15) is 4.79 Å². The molecule has 6 nitrogen and oxygen atoms in total. The number of hydrogen-bond donors (Lipinski definition) is 1. The summed E-state index contributed by atoms with van der Waals surface area (Å²) in [5.74, 6) is 1.05. The topological polar surface area (TPSA) is 77.0 Å². The van der Waals surface area contributed by atoms with E-state index in [1.165, 1.54) is 11.8 Å². The van der Waals surface area contributed by atoms with Crippen molar-refractivity contribution in [3.8, 4) is 5.75 Å². The molecule has 8 heteroatoms. The van der Waals surface area contributed by atoms with Gasteiger partial charge >= 0.3 is 0 Å². The van der Waals surface area contributed by atoms with E-state index >= 15 is 0 Å². The summed E-state index contributed by atoms with van der Waals surface area (Å²) in [7, 11) is 1.65. The lowest BCUT2D eigenvalue weighted by Gasteiger charge is -2.05. The number of methoxy groups -OCH3 is 1. The Hall–Kier alpha value is -3.23. The van der Waals surface area contributed by atoms with Gasteiger partial charge in [-0.1, -0.05) is 42.1 Å². The van der Waals surface area contributed by atoms with Crippen LogP contribution in [0.3, 0.4) is 0 Å². The van der Waals surface area contributed by atoms with Crippen LogP contribution >= 0.6 is 23.1 Å². The Bertz CT molecular complexity index is 1400. The quantitative estimate of drug-likeness (QED) is 0.298. The molecule has 0 bridgehead atoms. The van der Waals surface area contributed by atoms with Gasteiger partial charge in [-0.2, -0.15) is 0 Å². The number of nitrogens with zero attached hydrogens (tertiary/aromatic N) is 3. The largest absolute Gasteiger partial charge is 0.497 e. The molecule has 0 aliphatic heterocycles. The molecule has 0 aliphatic carbocycles. The lowest BCUT2D eigenvalue weighted by atomic mass is 10.1. The molecule has 1 N–H and O–H groups in total. The van der Waals surface area contributed by atoms with E-state index in [0.717, 1.165) is 47.7 Å². The van der Waals surface area contributed by atoms with Gasteiger partial charge in [-0.15, -0.1) is 11.3 Å². The number of aromatic nitrogens is 3. The molecule has 0 saturated carbocycles. The molecule has 31 heavy (non-hydrogen) atoms. The number of thioether (sulfide) groups is 1. The summed E-state index contributed by atoms with van der Waals surface area (Å²) in [5, 5.41) is 5.73. The maximum absolute atomic E-state index is 12.3. The number of hydrogen-bond acceptors (Lipinski definition) is 7. The van der Waals surface area contributed by atoms with Gasteiger partial charge in [0.25, 0.3) is 0 Å². The molecule has 0 saturated heterocycles. The molecular formula is C23H18N4O2S2. The summed E-state index contributed by atoms with van der Waals surface area (Å²) in [4.78, 5) is 26.9. The first kappa shape index (κ1) is 19.7. The average Bonchev–Trinajstić information content (AvgIpc) is 3.18. The number of thiophene rings is 1. The molecule has 5 rings (SSSR count). The van der Waals surface area contributed by atoms with Gasteiger partial charge in [0.2, 0.25) is 5.91 Å². The second-order valence-electron chi connectivity index (χ2n) is 6.91. The Balaban J connectivity index is 1.40. The third kappa shape index (κ3) is 4.04. The highest BCUT2D eigenvalue weighted by molar-refractivity contribution is 8.00. The zero-order valence-electron chi connectivity index (χ0n) is 16.7. The Morgan fingerprint density at radius 2 is 2.00 bits per heavy atom. The van der Waals surface area contributed by atoms with E-state index < -0.39 is 0 Å². The Kier molecular flexibility index (Phi) is 5.40. The van der Waals surface area contributed by atoms with E-state index in [4.69, 9.17) is 9.72 Å². The van der Waals surface area contributed by atoms with Crippen molar-refractivity contribution in [3.63, 3.8) is 0 Å². The summed E-state index contributed by atoms with van der Waals surface area (Å²) in [6, 6.07) is 17.8. The fourth-order valence-corrected chi connectivity index (χ4v) is 5.36. The molecular weight excluding hydrogens is 428 g/mol. The highest BCUT2D eigenvalue weighted by Crippen LogP contribution is 2.38. The highest BCUT2D eigenvalue weighted by Gasteiger charge is 2.15. The fourth-order valence-electron chi connectivity index (χ4n) is 3.33. The lowest BCUT2D eigenvalue weighted by Crippen LogP contribution is -2.24. The van der Waals surface area contributed by atoms with Crippen molar-refractivity contribution in [2.45, 2.75) is 11.6 Å². The molecule has 0 spiro atoms. The summed E-state index contributed by atoms with van der Waals surface area (Å²) in [6.45, 7) is 0.516. The monoisotopic (exact) mass is 446 g/mol. The van der Waals surface area contributed by atoms with Crippen LogP contribution in [-0.2, 0) is 11.3 Å². The van der Waals surface area contributed by atoms with Gasteiger partial charge in [-0.3, -0.25) is 4.79 Å². The fraction of sp³-hybridized carbons (Fsp3) is 0.130. The molecule has 2 aromatic carbocycles. The number of carbonyl (C=O) groups is 1. The minimum absolute atomic E-state index is 0.0299. The minimum atomic E-state index is -0.0299. The highest BCUT2D eigenvalue weighted by atomic mass is 32.2. The van der Waals surface area contributed by atoms with Crippen LogP contribution in [0, 0.1) is 0 Å². The van der Waals surface area contributed by atoms with Crippen molar-refractivity contribution in [3.05, 3.63) is 66.5 Å². The number of rotatable bonds is 6. The Labute approximate surface area is 186 Å². The van der Waals surface area contributed by atoms with E-state index in [0.29, 0.717) is 12.3 Å². The number of ether oxygens (including phenoxy) is 1. The number of amides is 1. The van der Waals surface area contributed by atoms with Crippen molar-refractivity contribution >= 4 is 60.3 Å². The van der Waals surface area contributed by atoms with Crippen molar-refractivity contribution in [1.82, 2.24) is 20.3 Å². The standard InChI is InChI=1S/C23H18N4O2S2/c1-29-16-7-8-18-15(9-16)10-17-20-21(31-22(17)27-18)23(26-13-25-20)30-12-19(28)24-11-14-5-3-2-4-6-14/h2-10,13H,11-12H2,1H3,(H,24,28). The number of pyridine rings is 1. The number of nitrogens with one attached hydrogen (secondary N) is 1. The van der Waals surface area contributed by atoms with Gasteiger partial charge in [0.05, 0.1) is 28.6 Å². The minimum Gasteiger partial charge on any atom is -0.497 e. The first-order valence-electron chi connectivity index (χ1n) is 9.67. The molecule has 0 atom stereocenters.